The molecule has 2 heterocycles. The van der Waals surface area contributed by atoms with Gasteiger partial charge in [0.2, 0.25) is 5.88 Å². The zero-order valence-electron chi connectivity index (χ0n) is 11.2. The summed E-state index contributed by atoms with van der Waals surface area (Å²) in [5.41, 5.74) is 1.01. The van der Waals surface area contributed by atoms with Gasteiger partial charge in [-0.2, -0.15) is 4.98 Å². The maximum absolute atomic E-state index is 11.6. The quantitative estimate of drug-likeness (QED) is 0.739. The van der Waals surface area contributed by atoms with Crippen LogP contribution in [0.15, 0.2) is 6.33 Å². The lowest BCUT2D eigenvalue weighted by atomic mass is 10.5. The predicted molar refractivity (Wildman–Crippen MR) is 75.8 cm³/mol. The fourth-order valence-electron chi connectivity index (χ4n) is 1.82. The number of halogens is 1. The standard InChI is InChI=1S/C11H15ClN4O3S/c1-3-20(17,18)5-4-16-8(6-12)15-9-10(16)13-7-14-11(9)19-2/h7H,3-6H2,1-2H3. The highest BCUT2D eigenvalue weighted by molar-refractivity contribution is 7.91. The lowest BCUT2D eigenvalue weighted by molar-refractivity contribution is 0.401. The van der Waals surface area contributed by atoms with E-state index in [1.165, 1.54) is 13.4 Å². The van der Waals surface area contributed by atoms with E-state index in [2.05, 4.69) is 15.0 Å². The minimum absolute atomic E-state index is 0.0190. The number of hydrogen-bond acceptors (Lipinski definition) is 6. The molecule has 0 saturated carbocycles. The number of methoxy groups -OCH3 is 1. The Morgan fingerprint density at radius 1 is 1.40 bits per heavy atom. The number of imidazole rings is 1. The Morgan fingerprint density at radius 3 is 2.75 bits per heavy atom. The maximum Gasteiger partial charge on any atom is 0.245 e. The van der Waals surface area contributed by atoms with Crippen molar-refractivity contribution in [1.82, 2.24) is 19.5 Å². The molecule has 2 aromatic heterocycles. The Morgan fingerprint density at radius 2 is 2.15 bits per heavy atom. The molecule has 0 aliphatic carbocycles. The summed E-state index contributed by atoms with van der Waals surface area (Å²) >= 11 is 5.86. The van der Waals surface area contributed by atoms with Gasteiger partial charge >= 0.3 is 0 Å². The van der Waals surface area contributed by atoms with E-state index >= 15 is 0 Å². The highest BCUT2D eigenvalue weighted by Crippen LogP contribution is 2.22. The molecule has 2 aromatic rings. The molecule has 0 spiro atoms. The average molecular weight is 319 g/mol. The number of rotatable bonds is 6. The first-order chi connectivity index (χ1) is 9.52. The van der Waals surface area contributed by atoms with Crippen LogP contribution >= 0.6 is 11.6 Å². The second-order valence-electron chi connectivity index (χ2n) is 4.10. The van der Waals surface area contributed by atoms with Crippen LogP contribution in [-0.4, -0.2) is 46.6 Å². The van der Waals surface area contributed by atoms with Crippen molar-refractivity contribution < 1.29 is 13.2 Å². The zero-order valence-corrected chi connectivity index (χ0v) is 12.8. The van der Waals surface area contributed by atoms with Gasteiger partial charge in [0.1, 0.15) is 12.2 Å². The summed E-state index contributed by atoms with van der Waals surface area (Å²) in [5.74, 6) is 1.18. The topological polar surface area (TPSA) is 87.0 Å². The molecule has 0 aromatic carbocycles. The summed E-state index contributed by atoms with van der Waals surface area (Å²) in [6.07, 6.45) is 1.35. The van der Waals surface area contributed by atoms with Crippen LogP contribution in [0.3, 0.4) is 0 Å². The third-order valence-corrected chi connectivity index (χ3v) is 4.88. The summed E-state index contributed by atoms with van der Waals surface area (Å²) in [4.78, 5) is 12.4. The zero-order chi connectivity index (χ0) is 14.8. The molecule has 20 heavy (non-hydrogen) atoms. The average Bonchev–Trinajstić information content (AvgIpc) is 2.82. The summed E-state index contributed by atoms with van der Waals surface area (Å²) in [6, 6.07) is 0. The molecule has 0 atom stereocenters. The lowest BCUT2D eigenvalue weighted by Gasteiger charge is -2.07. The minimum Gasteiger partial charge on any atom is -0.479 e. The molecule has 0 fully saturated rings. The minimum atomic E-state index is -3.07. The predicted octanol–water partition coefficient (Wildman–Crippen LogP) is 1.01. The van der Waals surface area contributed by atoms with Crippen molar-refractivity contribution in [1.29, 1.82) is 0 Å². The van der Waals surface area contributed by atoms with Crippen LogP contribution in [0.25, 0.3) is 11.2 Å². The van der Waals surface area contributed by atoms with Crippen molar-refractivity contribution in [2.45, 2.75) is 19.3 Å². The van der Waals surface area contributed by atoms with Crippen molar-refractivity contribution in [2.24, 2.45) is 0 Å². The second-order valence-corrected chi connectivity index (χ2v) is 6.84. The molecule has 7 nitrogen and oxygen atoms in total. The Balaban J connectivity index is 2.46. The summed E-state index contributed by atoms with van der Waals surface area (Å²) in [7, 11) is -1.58. The van der Waals surface area contributed by atoms with Gasteiger partial charge in [-0.25, -0.2) is 18.4 Å². The van der Waals surface area contributed by atoms with Gasteiger partial charge in [0, 0.05) is 12.3 Å². The van der Waals surface area contributed by atoms with E-state index in [9.17, 15) is 8.42 Å². The molecular formula is C11H15ClN4O3S. The number of aromatic nitrogens is 4. The molecule has 0 aliphatic rings. The normalized spacial score (nSPS) is 11.9. The third-order valence-electron chi connectivity index (χ3n) is 2.96. The number of hydrogen-bond donors (Lipinski definition) is 0. The van der Waals surface area contributed by atoms with Gasteiger partial charge in [-0.05, 0) is 0 Å². The van der Waals surface area contributed by atoms with Crippen molar-refractivity contribution >= 4 is 32.6 Å². The Hall–Kier alpha value is -1.41. The highest BCUT2D eigenvalue weighted by Gasteiger charge is 2.17. The van der Waals surface area contributed by atoms with Gasteiger partial charge in [0.05, 0.1) is 18.7 Å². The monoisotopic (exact) mass is 318 g/mol. The van der Waals surface area contributed by atoms with Gasteiger partial charge in [-0.1, -0.05) is 6.92 Å². The third kappa shape index (κ3) is 2.85. The Bertz CT molecular complexity index is 714. The number of alkyl halides is 1. The number of ether oxygens (including phenoxy) is 1. The molecule has 0 saturated heterocycles. The van der Waals surface area contributed by atoms with Crippen molar-refractivity contribution in [3.05, 3.63) is 12.2 Å². The van der Waals surface area contributed by atoms with Crippen molar-refractivity contribution in [3.8, 4) is 5.88 Å². The SMILES string of the molecule is CCS(=O)(=O)CCn1c(CCl)nc2c(OC)ncnc21. The van der Waals surface area contributed by atoms with Crippen molar-refractivity contribution in [2.75, 3.05) is 18.6 Å². The molecule has 0 amide bonds. The smallest absolute Gasteiger partial charge is 0.245 e. The molecule has 9 heteroatoms. The van der Waals surface area contributed by atoms with Crippen LogP contribution in [0, 0.1) is 0 Å². The Kier molecular flexibility index (Phi) is 4.44. The number of nitrogens with zero attached hydrogens (tertiary/aromatic N) is 4. The number of sulfone groups is 1. The number of fused-ring (bicyclic) bond motifs is 1. The second kappa shape index (κ2) is 5.92. The first-order valence-corrected chi connectivity index (χ1v) is 8.38. The van der Waals surface area contributed by atoms with E-state index in [1.54, 1.807) is 11.5 Å². The van der Waals surface area contributed by atoms with E-state index in [4.69, 9.17) is 16.3 Å². The van der Waals surface area contributed by atoms with Gasteiger partial charge in [0.15, 0.2) is 21.0 Å². The first kappa shape index (κ1) is 15.0. The van der Waals surface area contributed by atoms with Crippen molar-refractivity contribution in [3.63, 3.8) is 0 Å². The molecule has 0 N–H and O–H groups in total. The van der Waals surface area contributed by atoms with E-state index in [-0.39, 0.29) is 23.9 Å². The largest absolute Gasteiger partial charge is 0.479 e. The number of aryl methyl sites for hydroxylation is 1. The fourth-order valence-corrected chi connectivity index (χ4v) is 2.78. The molecular weight excluding hydrogens is 304 g/mol. The van der Waals surface area contributed by atoms with Crippen LogP contribution < -0.4 is 4.74 Å². The van der Waals surface area contributed by atoms with Gasteiger partial charge in [-0.3, -0.25) is 0 Å². The van der Waals surface area contributed by atoms with E-state index in [0.29, 0.717) is 22.9 Å². The Labute approximate surface area is 121 Å². The van der Waals surface area contributed by atoms with Crippen LogP contribution in [-0.2, 0) is 22.3 Å². The first-order valence-electron chi connectivity index (χ1n) is 6.03. The molecule has 110 valence electrons. The summed E-state index contributed by atoms with van der Waals surface area (Å²) in [5, 5.41) is 0. The fraction of sp³-hybridized carbons (Fsp3) is 0.545. The van der Waals surface area contributed by atoms with E-state index in [1.807, 2.05) is 0 Å². The molecule has 2 rings (SSSR count). The van der Waals surface area contributed by atoms with Crippen LogP contribution in [0.4, 0.5) is 0 Å². The molecule has 0 bridgehead atoms. The van der Waals surface area contributed by atoms with Crippen LogP contribution in [0.5, 0.6) is 5.88 Å². The summed E-state index contributed by atoms with van der Waals surface area (Å²) < 4.78 is 30.1. The van der Waals surface area contributed by atoms with E-state index in [0.717, 1.165) is 0 Å². The molecule has 0 aliphatic heterocycles. The van der Waals surface area contributed by atoms with Crippen LogP contribution in [0.2, 0.25) is 0 Å². The van der Waals surface area contributed by atoms with Gasteiger partial charge < -0.3 is 9.30 Å². The molecule has 0 unspecified atom stereocenters. The highest BCUT2D eigenvalue weighted by atomic mass is 35.5. The van der Waals surface area contributed by atoms with E-state index < -0.39 is 9.84 Å². The van der Waals surface area contributed by atoms with Gasteiger partial charge in [0.25, 0.3) is 0 Å². The summed E-state index contributed by atoms with van der Waals surface area (Å²) in [6.45, 7) is 1.88. The van der Waals surface area contributed by atoms with Gasteiger partial charge in [-0.15, -0.1) is 11.6 Å². The van der Waals surface area contributed by atoms with Crippen LogP contribution in [0.1, 0.15) is 12.7 Å². The molecule has 0 radical (unpaired) electrons. The maximum atomic E-state index is 11.6. The lowest BCUT2D eigenvalue weighted by Crippen LogP contribution is -2.16.